The summed E-state index contributed by atoms with van der Waals surface area (Å²) in [6, 6.07) is 51.4. The molecule has 0 saturated carbocycles. The summed E-state index contributed by atoms with van der Waals surface area (Å²) in [7, 11) is 4.31. The van der Waals surface area contributed by atoms with Crippen molar-refractivity contribution >= 4 is 53.7 Å². The molecule has 0 heterocycles. The molecule has 0 atom stereocenters. The van der Waals surface area contributed by atoms with Gasteiger partial charge in [0.15, 0.2) is 34.5 Å². The van der Waals surface area contributed by atoms with Gasteiger partial charge in [-0.15, -0.1) is 0 Å². The van der Waals surface area contributed by atoms with E-state index in [1.165, 1.54) is 208 Å². The largest absolute Gasteiger partial charge is 0.493 e. The number of methoxy groups -OCH3 is 3. The van der Waals surface area contributed by atoms with Crippen molar-refractivity contribution in [2.45, 2.75) is 234 Å². The zero-order chi connectivity index (χ0) is 99.4. The van der Waals surface area contributed by atoms with Crippen LogP contribution >= 0.6 is 0 Å². The van der Waals surface area contributed by atoms with E-state index in [-0.39, 0.29) is 51.2 Å². The number of ether oxygens (including phenoxy) is 15. The molecule has 138 heavy (non-hydrogen) atoms. The van der Waals surface area contributed by atoms with Gasteiger partial charge < -0.3 is 71.1 Å². The van der Waals surface area contributed by atoms with E-state index in [0.717, 1.165) is 73.4 Å². The number of carbonyl (C=O) groups is 9. The molecule has 0 aliphatic rings. The fourth-order valence-electron chi connectivity index (χ4n) is 14.3. The van der Waals surface area contributed by atoms with Crippen molar-refractivity contribution in [1.29, 1.82) is 0 Å². The Bertz CT molecular complexity index is 5320. The first-order valence-electron chi connectivity index (χ1n) is 48.2. The summed E-state index contributed by atoms with van der Waals surface area (Å²) >= 11 is 0. The molecule has 0 aliphatic carbocycles. The lowest BCUT2D eigenvalue weighted by Gasteiger charge is -2.13. The molecule has 24 heteroatoms. The molecule has 0 spiro atoms. The summed E-state index contributed by atoms with van der Waals surface area (Å²) in [5.74, 6) is -0.197. The molecule has 9 rings (SSSR count). The first kappa shape index (κ1) is 111. The third-order valence-corrected chi connectivity index (χ3v) is 22.3. The predicted octanol–water partition coefficient (Wildman–Crippen LogP) is 25.9. The molecule has 9 aromatic carbocycles. The molecule has 0 N–H and O–H groups in total. The van der Waals surface area contributed by atoms with Crippen LogP contribution in [0.4, 0.5) is 0 Å². The van der Waals surface area contributed by atoms with Gasteiger partial charge in [0, 0.05) is 18.2 Å². The maximum atomic E-state index is 12.9. The Morgan fingerprint density at radius 2 is 0.442 bits per heavy atom. The molecule has 24 nitrogen and oxygen atoms in total. The lowest BCUT2D eigenvalue weighted by molar-refractivity contribution is -0.138. The second-order valence-electron chi connectivity index (χ2n) is 33.2. The van der Waals surface area contributed by atoms with Crippen molar-refractivity contribution in [2.75, 3.05) is 61.0 Å². The lowest BCUT2D eigenvalue weighted by Crippen LogP contribution is -2.12. The Labute approximate surface area is 814 Å². The summed E-state index contributed by atoms with van der Waals surface area (Å²) in [5.41, 5.74) is 7.76. The standard InChI is InChI=1S/C39H48O8.C38H46O8.C37H44O8/c1-5-7-8-9-10-11-12-13-16-30-17-21-33(22-18-30)46-38(41)32-20-24-35(36(28-32)43-4)47-39(42)31-19-23-34(29(3)27-31)44-25-14-15-26-45-37(40)6-2;1-5-7-8-9-10-11-12-15-29-16-20-32(21-17-29)45-37(40)31-19-23-34(35(27-31)42-4)46-38(41)30-18-22-33(28(3)26-30)43-24-13-14-25-44-36(39)6-2;1-5-7-8-9-10-11-14-28-15-19-31(20-16-28)44-36(39)30-18-22-33(34(26-30)41-4)45-37(40)29-17-21-32(27(3)25-29)42-23-12-13-24-43-35(38)6-2/h6,17-24,27-28H,2,5,7-16,25-26H2,1,3-4H3;6,16-23,26-27H,2,5,7-15,24-25H2,1,3-4H3;6,15-22,25-26H,2,5,7-14,23-24H2,1,3-4H3. The normalized spacial score (nSPS) is 10.6. The van der Waals surface area contributed by atoms with Crippen molar-refractivity contribution in [1.82, 2.24) is 0 Å². The molecule has 0 fully saturated rings. The van der Waals surface area contributed by atoms with E-state index in [9.17, 15) is 43.2 Å². The molecule has 0 radical (unpaired) electrons. The van der Waals surface area contributed by atoms with Crippen LogP contribution in [0.1, 0.15) is 290 Å². The van der Waals surface area contributed by atoms with E-state index in [1.54, 1.807) is 66.7 Å². The number of esters is 9. The van der Waals surface area contributed by atoms with Gasteiger partial charge in [-0.05, 0) is 277 Å². The number of aryl methyl sites for hydroxylation is 6. The summed E-state index contributed by atoms with van der Waals surface area (Å²) in [6.07, 6.45) is 37.1. The van der Waals surface area contributed by atoms with Gasteiger partial charge in [0.05, 0.1) is 94.4 Å². The van der Waals surface area contributed by atoms with Crippen molar-refractivity contribution in [3.63, 3.8) is 0 Å². The summed E-state index contributed by atoms with van der Waals surface area (Å²) in [5, 5.41) is 0. The number of rotatable bonds is 60. The second-order valence-corrected chi connectivity index (χ2v) is 33.2. The number of benzene rings is 9. The smallest absolute Gasteiger partial charge is 0.343 e. The summed E-state index contributed by atoms with van der Waals surface area (Å²) in [4.78, 5) is 111. The molecule has 0 aliphatic heterocycles. The van der Waals surface area contributed by atoms with Gasteiger partial charge in [-0.1, -0.05) is 192 Å². The maximum absolute atomic E-state index is 12.9. The molecule has 0 amide bonds. The van der Waals surface area contributed by atoms with Crippen molar-refractivity contribution in [3.8, 4) is 69.0 Å². The second kappa shape index (κ2) is 64.3. The highest BCUT2D eigenvalue weighted by Gasteiger charge is 2.23. The third kappa shape index (κ3) is 41.4. The van der Waals surface area contributed by atoms with E-state index >= 15 is 0 Å². The maximum Gasteiger partial charge on any atom is 0.343 e. The Balaban J connectivity index is 0.000000282. The van der Waals surface area contributed by atoms with E-state index in [1.807, 2.05) is 81.4 Å². The average molecular weight is 1890 g/mol. The van der Waals surface area contributed by atoms with Crippen molar-refractivity contribution in [3.05, 3.63) is 287 Å². The quantitative estimate of drug-likeness (QED) is 0.0112. The van der Waals surface area contributed by atoms with E-state index in [4.69, 9.17) is 71.1 Å². The fraction of sp³-hybridized carbons (Fsp3) is 0.395. The van der Waals surface area contributed by atoms with Crippen LogP contribution in [0.25, 0.3) is 0 Å². The third-order valence-electron chi connectivity index (χ3n) is 22.3. The molecular formula is C114H138O24. The van der Waals surface area contributed by atoms with Crippen LogP contribution < -0.4 is 56.8 Å². The Kier molecular flexibility index (Phi) is 51.8. The van der Waals surface area contributed by atoms with Crippen LogP contribution in [0.3, 0.4) is 0 Å². The zero-order valence-electron chi connectivity index (χ0n) is 81.9. The monoisotopic (exact) mass is 1890 g/mol. The molecule has 0 bridgehead atoms. The topological polar surface area (TPSA) is 292 Å². The van der Waals surface area contributed by atoms with E-state index < -0.39 is 53.7 Å². The van der Waals surface area contributed by atoms with Crippen LogP contribution in [0, 0.1) is 20.8 Å². The number of hydrogen-bond donors (Lipinski definition) is 0. The highest BCUT2D eigenvalue weighted by Crippen LogP contribution is 2.35. The lowest BCUT2D eigenvalue weighted by atomic mass is 10.0. The molecule has 738 valence electrons. The van der Waals surface area contributed by atoms with Crippen molar-refractivity contribution < 1.29 is 114 Å². The van der Waals surface area contributed by atoms with Crippen LogP contribution in [-0.2, 0) is 47.9 Å². The van der Waals surface area contributed by atoms with Gasteiger partial charge in [-0.3, -0.25) is 0 Å². The highest BCUT2D eigenvalue weighted by atomic mass is 16.6. The number of unbranched alkanes of at least 4 members (excludes halogenated alkanes) is 21. The number of carbonyl (C=O) groups excluding carboxylic acids is 9. The Hall–Kier alpha value is -13.8. The van der Waals surface area contributed by atoms with Gasteiger partial charge in [-0.2, -0.15) is 0 Å². The Morgan fingerprint density at radius 1 is 0.232 bits per heavy atom. The molecule has 0 saturated heterocycles. The first-order chi connectivity index (χ1) is 67.0. The molecule has 0 unspecified atom stereocenters. The zero-order valence-corrected chi connectivity index (χ0v) is 81.9. The van der Waals surface area contributed by atoms with Crippen LogP contribution in [0.15, 0.2) is 220 Å². The van der Waals surface area contributed by atoms with Crippen molar-refractivity contribution in [2.24, 2.45) is 0 Å². The minimum atomic E-state index is -0.580. The first-order valence-corrected chi connectivity index (χ1v) is 48.2. The molecular weight excluding hydrogens is 1750 g/mol. The predicted molar refractivity (Wildman–Crippen MR) is 534 cm³/mol. The summed E-state index contributed by atoms with van der Waals surface area (Å²) < 4.78 is 82.0. The van der Waals surface area contributed by atoms with E-state index in [2.05, 4.69) is 40.5 Å². The van der Waals surface area contributed by atoms with Gasteiger partial charge in [0.2, 0.25) is 0 Å². The minimum absolute atomic E-state index is 0.174. The highest BCUT2D eigenvalue weighted by molar-refractivity contribution is 5.96. The van der Waals surface area contributed by atoms with E-state index in [0.29, 0.717) is 129 Å². The van der Waals surface area contributed by atoms with Crippen LogP contribution in [0.5, 0.6) is 69.0 Å². The molecule has 0 aromatic heterocycles. The summed E-state index contributed by atoms with van der Waals surface area (Å²) in [6.45, 7) is 24.5. The van der Waals surface area contributed by atoms with Crippen LogP contribution in [0.2, 0.25) is 0 Å². The van der Waals surface area contributed by atoms with Gasteiger partial charge in [0.1, 0.15) is 34.5 Å². The van der Waals surface area contributed by atoms with Crippen LogP contribution in [-0.4, -0.2) is 115 Å². The van der Waals surface area contributed by atoms with Gasteiger partial charge in [-0.25, -0.2) is 43.2 Å². The average Bonchev–Trinajstić information content (AvgIpc) is 0.828. The minimum Gasteiger partial charge on any atom is -0.493 e. The number of hydrogen-bond acceptors (Lipinski definition) is 24. The molecule has 9 aromatic rings. The SMILES string of the molecule is C=CC(=O)OCCCCOc1ccc(C(=O)Oc2ccc(C(=O)Oc3ccc(CCCCCCCC)cc3)cc2OC)cc1C.C=CC(=O)OCCCCOc1ccc(C(=O)Oc2ccc(C(=O)Oc3ccc(CCCCCCCCC)cc3)cc2OC)cc1C.C=CC(=O)OCCCCOc1ccc(C(=O)Oc2ccc(C(=O)Oc3ccc(CCCCCCCCCC)cc3)cc2OC)cc1C. The van der Waals surface area contributed by atoms with Gasteiger partial charge in [0.25, 0.3) is 0 Å². The van der Waals surface area contributed by atoms with Gasteiger partial charge >= 0.3 is 53.7 Å². The fourth-order valence-corrected chi connectivity index (χ4v) is 14.3. The Morgan fingerprint density at radius 3 is 0.667 bits per heavy atom.